The first-order valence-corrected chi connectivity index (χ1v) is 7.15. The molecule has 0 aliphatic rings. The van der Waals surface area contributed by atoms with Gasteiger partial charge in [0.15, 0.2) is 0 Å². The van der Waals surface area contributed by atoms with Crippen molar-refractivity contribution in [1.82, 2.24) is 0 Å². The van der Waals surface area contributed by atoms with Gasteiger partial charge in [-0.15, -0.1) is 0 Å². The van der Waals surface area contributed by atoms with Gasteiger partial charge in [-0.05, 0) is 35.9 Å². The second kappa shape index (κ2) is 7.84. The van der Waals surface area contributed by atoms with Crippen molar-refractivity contribution >= 4 is 29.3 Å². The molecule has 0 aliphatic carbocycles. The monoisotopic (exact) mass is 341 g/mol. The average molecular weight is 341 g/mol. The summed E-state index contributed by atoms with van der Waals surface area (Å²) in [7, 11) is 0. The lowest BCUT2D eigenvalue weighted by atomic mass is 10.1. The normalized spacial score (nSPS) is 10.7. The first-order chi connectivity index (χ1) is 11.9. The van der Waals surface area contributed by atoms with Crippen molar-refractivity contribution in [3.63, 3.8) is 0 Å². The molecule has 126 valence electrons. The first-order valence-electron chi connectivity index (χ1n) is 7.15. The van der Waals surface area contributed by atoms with E-state index < -0.39 is 17.5 Å². The molecule has 5 nitrogen and oxygen atoms in total. The fraction of sp³-hybridized carbons (Fsp3) is 0.0556. The fourth-order valence-corrected chi connectivity index (χ4v) is 1.96. The molecule has 2 N–H and O–H groups in total. The molecule has 2 amide bonds. The first kappa shape index (κ1) is 17.8. The number of benzene rings is 2. The molecule has 0 fully saturated rings. The smallest absolute Gasteiger partial charge is 0.266 e. The van der Waals surface area contributed by atoms with Crippen LogP contribution >= 0.6 is 0 Å². The highest BCUT2D eigenvalue weighted by Gasteiger charge is 2.12. The van der Waals surface area contributed by atoms with E-state index in [9.17, 15) is 18.4 Å². The van der Waals surface area contributed by atoms with Crippen LogP contribution in [0.25, 0.3) is 6.08 Å². The largest absolute Gasteiger partial charge is 0.326 e. The molecule has 2 aromatic carbocycles. The molecular formula is C18H13F2N3O2. The third-order valence-corrected chi connectivity index (χ3v) is 3.09. The number of nitriles is 1. The fourth-order valence-electron chi connectivity index (χ4n) is 1.96. The molecule has 0 unspecified atom stereocenters. The summed E-state index contributed by atoms with van der Waals surface area (Å²) in [6, 6.07) is 10.9. The Bertz CT molecular complexity index is 884. The van der Waals surface area contributed by atoms with Crippen LogP contribution in [0.5, 0.6) is 0 Å². The van der Waals surface area contributed by atoms with Crippen molar-refractivity contribution < 1.29 is 18.4 Å². The Kier molecular flexibility index (Phi) is 5.58. The van der Waals surface area contributed by atoms with Crippen LogP contribution in [0.4, 0.5) is 20.2 Å². The lowest BCUT2D eigenvalue weighted by Crippen LogP contribution is -2.14. The molecule has 7 heteroatoms. The Morgan fingerprint density at radius 1 is 1.08 bits per heavy atom. The Balaban J connectivity index is 2.17. The van der Waals surface area contributed by atoms with Crippen LogP contribution in [0.15, 0.2) is 48.0 Å². The Morgan fingerprint density at radius 3 is 2.32 bits per heavy atom. The summed E-state index contributed by atoms with van der Waals surface area (Å²) in [5.74, 6) is -2.75. The Labute approximate surface area is 142 Å². The van der Waals surface area contributed by atoms with E-state index in [1.165, 1.54) is 13.0 Å². The molecule has 0 atom stereocenters. The molecule has 0 spiro atoms. The number of anilines is 2. The minimum absolute atomic E-state index is 0.221. The highest BCUT2D eigenvalue weighted by Crippen LogP contribution is 2.17. The van der Waals surface area contributed by atoms with Crippen LogP contribution in [-0.4, -0.2) is 11.8 Å². The summed E-state index contributed by atoms with van der Waals surface area (Å²) in [4.78, 5) is 23.0. The highest BCUT2D eigenvalue weighted by molar-refractivity contribution is 6.09. The summed E-state index contributed by atoms with van der Waals surface area (Å²) in [5, 5.41) is 13.9. The molecule has 0 aromatic heterocycles. The number of nitrogens with zero attached hydrogens (tertiary/aromatic N) is 1. The number of nitrogens with one attached hydrogen (secondary N) is 2. The molecule has 0 heterocycles. The molecule has 0 radical (unpaired) electrons. The van der Waals surface area contributed by atoms with Gasteiger partial charge < -0.3 is 10.6 Å². The number of hydrogen-bond donors (Lipinski definition) is 2. The third kappa shape index (κ3) is 4.97. The van der Waals surface area contributed by atoms with Gasteiger partial charge in [0, 0.05) is 18.7 Å². The summed E-state index contributed by atoms with van der Waals surface area (Å²) in [5.41, 5.74) is 0.630. The van der Waals surface area contributed by atoms with E-state index in [2.05, 4.69) is 10.6 Å². The lowest BCUT2D eigenvalue weighted by molar-refractivity contribution is -0.114. The predicted molar refractivity (Wildman–Crippen MR) is 89.3 cm³/mol. The SMILES string of the molecule is CC(=O)Nc1ccc(/C=C(\C#N)C(=O)Nc2ccc(F)cc2F)cc1. The minimum atomic E-state index is -0.940. The number of carbonyl (C=O) groups is 2. The number of halogens is 2. The van der Waals surface area contributed by atoms with E-state index in [1.807, 2.05) is 0 Å². The van der Waals surface area contributed by atoms with Crippen LogP contribution in [0, 0.1) is 23.0 Å². The second-order valence-electron chi connectivity index (χ2n) is 5.05. The van der Waals surface area contributed by atoms with Crippen molar-refractivity contribution in [2.24, 2.45) is 0 Å². The molecule has 2 aromatic rings. The zero-order valence-corrected chi connectivity index (χ0v) is 13.1. The minimum Gasteiger partial charge on any atom is -0.326 e. The van der Waals surface area contributed by atoms with E-state index >= 15 is 0 Å². The van der Waals surface area contributed by atoms with Gasteiger partial charge in [0.25, 0.3) is 5.91 Å². The highest BCUT2D eigenvalue weighted by atomic mass is 19.1. The maximum atomic E-state index is 13.6. The van der Waals surface area contributed by atoms with Crippen molar-refractivity contribution in [2.75, 3.05) is 10.6 Å². The maximum Gasteiger partial charge on any atom is 0.266 e. The maximum absolute atomic E-state index is 13.6. The van der Waals surface area contributed by atoms with Crippen LogP contribution in [0.2, 0.25) is 0 Å². The zero-order valence-electron chi connectivity index (χ0n) is 13.1. The number of carbonyl (C=O) groups excluding carboxylic acids is 2. The van der Waals surface area contributed by atoms with Crippen LogP contribution in [0.3, 0.4) is 0 Å². The van der Waals surface area contributed by atoms with Crippen LogP contribution in [-0.2, 0) is 9.59 Å². The standard InChI is InChI=1S/C18H13F2N3O2/c1-11(24)22-15-5-2-12(3-6-15)8-13(10-21)18(25)23-17-7-4-14(19)9-16(17)20/h2-9H,1H3,(H,22,24)(H,23,25)/b13-8+. The summed E-state index contributed by atoms with van der Waals surface area (Å²) < 4.78 is 26.4. The van der Waals surface area contributed by atoms with Gasteiger partial charge in [-0.25, -0.2) is 8.78 Å². The van der Waals surface area contributed by atoms with Gasteiger partial charge in [-0.2, -0.15) is 5.26 Å². The van der Waals surface area contributed by atoms with E-state index in [0.29, 0.717) is 17.3 Å². The third-order valence-electron chi connectivity index (χ3n) is 3.09. The topological polar surface area (TPSA) is 82.0 Å². The van der Waals surface area contributed by atoms with Gasteiger partial charge in [-0.3, -0.25) is 9.59 Å². The molecule has 0 aliphatic heterocycles. The Morgan fingerprint density at radius 2 is 1.76 bits per heavy atom. The molecule has 25 heavy (non-hydrogen) atoms. The van der Waals surface area contributed by atoms with E-state index in [-0.39, 0.29) is 17.2 Å². The average Bonchev–Trinajstić information content (AvgIpc) is 2.56. The summed E-state index contributed by atoms with van der Waals surface area (Å²) >= 11 is 0. The second-order valence-corrected chi connectivity index (χ2v) is 5.05. The van der Waals surface area contributed by atoms with Crippen molar-refractivity contribution in [1.29, 1.82) is 5.26 Å². The molecule has 0 saturated carbocycles. The Hall–Kier alpha value is -3.53. The van der Waals surface area contributed by atoms with Crippen LogP contribution in [0.1, 0.15) is 12.5 Å². The van der Waals surface area contributed by atoms with Crippen molar-refractivity contribution in [3.05, 3.63) is 65.2 Å². The van der Waals surface area contributed by atoms with Gasteiger partial charge >= 0.3 is 0 Å². The number of hydrogen-bond acceptors (Lipinski definition) is 3. The van der Waals surface area contributed by atoms with Crippen molar-refractivity contribution in [2.45, 2.75) is 6.92 Å². The lowest BCUT2D eigenvalue weighted by Gasteiger charge is -2.06. The molecular weight excluding hydrogens is 328 g/mol. The molecule has 0 saturated heterocycles. The van der Waals surface area contributed by atoms with Gasteiger partial charge in [0.05, 0.1) is 5.69 Å². The van der Waals surface area contributed by atoms with Gasteiger partial charge in [0.1, 0.15) is 23.3 Å². The zero-order chi connectivity index (χ0) is 18.4. The van der Waals surface area contributed by atoms with E-state index in [4.69, 9.17) is 5.26 Å². The predicted octanol–water partition coefficient (Wildman–Crippen LogP) is 3.47. The quantitative estimate of drug-likeness (QED) is 0.660. The number of rotatable bonds is 4. The van der Waals surface area contributed by atoms with Crippen LogP contribution < -0.4 is 10.6 Å². The molecule has 2 rings (SSSR count). The van der Waals surface area contributed by atoms with E-state index in [1.54, 1.807) is 30.3 Å². The van der Waals surface area contributed by atoms with Gasteiger partial charge in [0.2, 0.25) is 5.91 Å². The van der Waals surface area contributed by atoms with Crippen molar-refractivity contribution in [3.8, 4) is 6.07 Å². The molecule has 0 bridgehead atoms. The summed E-state index contributed by atoms with van der Waals surface area (Å²) in [6.07, 6.45) is 1.31. The van der Waals surface area contributed by atoms with Gasteiger partial charge in [-0.1, -0.05) is 12.1 Å². The van der Waals surface area contributed by atoms with E-state index in [0.717, 1.165) is 12.1 Å². The summed E-state index contributed by atoms with van der Waals surface area (Å²) in [6.45, 7) is 1.38. The number of amides is 2.